The standard InChI is InChI=1S/C20H27N3O3/c1-22-13-20(26-19(22)25)11-12-23(14-20)18(24)21-17-9-7-16(8-10-17)15-5-3-2-4-6-15/h7-10,15H,2-6,11-14H2,1H3,(H,21,24)/t20-/m0/s1. The van der Waals surface area contributed by atoms with Gasteiger partial charge in [0.15, 0.2) is 5.60 Å². The predicted molar refractivity (Wildman–Crippen MR) is 99.3 cm³/mol. The molecule has 0 unspecified atom stereocenters. The highest BCUT2D eigenvalue weighted by atomic mass is 16.6. The Morgan fingerprint density at radius 2 is 1.88 bits per heavy atom. The Kier molecular flexibility index (Phi) is 4.51. The fraction of sp³-hybridized carbons (Fsp3) is 0.600. The van der Waals surface area contributed by atoms with E-state index in [1.165, 1.54) is 37.7 Å². The summed E-state index contributed by atoms with van der Waals surface area (Å²) < 4.78 is 5.50. The number of anilines is 1. The lowest BCUT2D eigenvalue weighted by atomic mass is 9.84. The number of likely N-dealkylation sites (tertiary alicyclic amines) is 1. The zero-order valence-electron chi connectivity index (χ0n) is 15.4. The normalized spacial score (nSPS) is 26.4. The van der Waals surface area contributed by atoms with Gasteiger partial charge in [0.2, 0.25) is 0 Å². The van der Waals surface area contributed by atoms with Gasteiger partial charge in [-0.1, -0.05) is 31.4 Å². The number of hydrogen-bond acceptors (Lipinski definition) is 3. The maximum absolute atomic E-state index is 12.6. The van der Waals surface area contributed by atoms with Gasteiger partial charge in [-0.05, 0) is 36.5 Å². The van der Waals surface area contributed by atoms with Crippen LogP contribution in [0.2, 0.25) is 0 Å². The van der Waals surface area contributed by atoms with Gasteiger partial charge in [-0.15, -0.1) is 0 Å². The van der Waals surface area contributed by atoms with E-state index in [4.69, 9.17) is 4.74 Å². The van der Waals surface area contributed by atoms with Crippen molar-refractivity contribution in [2.75, 3.05) is 32.0 Å². The smallest absolute Gasteiger partial charge is 0.410 e. The number of nitrogens with one attached hydrogen (secondary N) is 1. The molecule has 26 heavy (non-hydrogen) atoms. The number of amides is 3. The molecule has 140 valence electrons. The number of rotatable bonds is 2. The van der Waals surface area contributed by atoms with Gasteiger partial charge in [-0.3, -0.25) is 0 Å². The number of ether oxygens (including phenoxy) is 1. The van der Waals surface area contributed by atoms with Gasteiger partial charge in [0.05, 0.1) is 13.1 Å². The molecule has 4 rings (SSSR count). The van der Waals surface area contributed by atoms with Crippen LogP contribution in [0.4, 0.5) is 15.3 Å². The van der Waals surface area contributed by atoms with Crippen molar-refractivity contribution in [3.05, 3.63) is 29.8 Å². The van der Waals surface area contributed by atoms with E-state index in [0.717, 1.165) is 5.69 Å². The second kappa shape index (κ2) is 6.82. The first kappa shape index (κ1) is 17.2. The van der Waals surface area contributed by atoms with Gasteiger partial charge in [-0.2, -0.15) is 0 Å². The molecular weight excluding hydrogens is 330 g/mol. The largest absolute Gasteiger partial charge is 0.439 e. The minimum atomic E-state index is -0.534. The second-order valence-electron chi connectivity index (χ2n) is 7.97. The highest BCUT2D eigenvalue weighted by Gasteiger charge is 2.49. The van der Waals surface area contributed by atoms with Gasteiger partial charge in [0, 0.05) is 25.7 Å². The molecule has 3 amide bonds. The van der Waals surface area contributed by atoms with Gasteiger partial charge >= 0.3 is 12.1 Å². The summed E-state index contributed by atoms with van der Waals surface area (Å²) in [6.45, 7) is 1.61. The first-order valence-corrected chi connectivity index (χ1v) is 9.65. The molecule has 1 aromatic rings. The van der Waals surface area contributed by atoms with Crippen molar-refractivity contribution in [3.8, 4) is 0 Å². The van der Waals surface area contributed by atoms with Crippen LogP contribution in [0.1, 0.15) is 50.0 Å². The summed E-state index contributed by atoms with van der Waals surface area (Å²) in [4.78, 5) is 27.5. The number of hydrogen-bond donors (Lipinski definition) is 1. The van der Waals surface area contributed by atoms with Crippen molar-refractivity contribution in [3.63, 3.8) is 0 Å². The quantitative estimate of drug-likeness (QED) is 0.876. The van der Waals surface area contributed by atoms with Crippen LogP contribution in [0.5, 0.6) is 0 Å². The molecule has 3 aliphatic rings. The molecule has 6 nitrogen and oxygen atoms in total. The summed E-state index contributed by atoms with van der Waals surface area (Å²) in [5, 5.41) is 2.98. The van der Waals surface area contributed by atoms with Gasteiger partial charge in [0.1, 0.15) is 0 Å². The number of carbonyl (C=O) groups is 2. The van der Waals surface area contributed by atoms with Crippen molar-refractivity contribution in [2.45, 2.75) is 50.0 Å². The SMILES string of the molecule is CN1C[C@]2(CCN(C(=O)Nc3ccc(C4CCCCC4)cc3)C2)OC1=O. The van der Waals surface area contributed by atoms with Crippen LogP contribution >= 0.6 is 0 Å². The van der Waals surface area contributed by atoms with Crippen LogP contribution < -0.4 is 5.32 Å². The van der Waals surface area contributed by atoms with Crippen LogP contribution in [-0.2, 0) is 4.74 Å². The van der Waals surface area contributed by atoms with Gasteiger partial charge < -0.3 is 19.9 Å². The van der Waals surface area contributed by atoms with Crippen LogP contribution in [0.3, 0.4) is 0 Å². The van der Waals surface area contributed by atoms with E-state index in [1.807, 2.05) is 12.1 Å². The van der Waals surface area contributed by atoms with E-state index in [9.17, 15) is 9.59 Å². The van der Waals surface area contributed by atoms with Crippen molar-refractivity contribution < 1.29 is 14.3 Å². The first-order valence-electron chi connectivity index (χ1n) is 9.65. The van der Waals surface area contributed by atoms with Crippen molar-refractivity contribution >= 4 is 17.8 Å². The van der Waals surface area contributed by atoms with Gasteiger partial charge in [0.25, 0.3) is 0 Å². The predicted octanol–water partition coefficient (Wildman–Crippen LogP) is 3.79. The molecule has 6 heteroatoms. The van der Waals surface area contributed by atoms with E-state index in [-0.39, 0.29) is 12.1 Å². The number of likely N-dealkylation sites (N-methyl/N-ethyl adjacent to an activating group) is 1. The van der Waals surface area contributed by atoms with E-state index in [2.05, 4.69) is 17.4 Å². The summed E-state index contributed by atoms with van der Waals surface area (Å²) >= 11 is 0. The van der Waals surface area contributed by atoms with Crippen LogP contribution in [0.25, 0.3) is 0 Å². The lowest BCUT2D eigenvalue weighted by molar-refractivity contribution is 0.0663. The molecule has 0 aromatic heterocycles. The summed E-state index contributed by atoms with van der Waals surface area (Å²) in [7, 11) is 1.73. The van der Waals surface area contributed by atoms with Crippen LogP contribution in [0.15, 0.2) is 24.3 Å². The fourth-order valence-electron chi connectivity index (χ4n) is 4.50. The number of carbonyl (C=O) groups excluding carboxylic acids is 2. The molecule has 0 radical (unpaired) electrons. The Hall–Kier alpha value is -2.24. The Morgan fingerprint density at radius 3 is 2.54 bits per heavy atom. The van der Waals surface area contributed by atoms with Crippen LogP contribution in [0, 0.1) is 0 Å². The maximum Gasteiger partial charge on any atom is 0.410 e. The third kappa shape index (κ3) is 3.37. The minimum Gasteiger partial charge on any atom is -0.439 e. The van der Waals surface area contributed by atoms with Crippen molar-refractivity contribution in [1.82, 2.24) is 9.80 Å². The summed E-state index contributed by atoms with van der Waals surface area (Å²) in [5.41, 5.74) is 1.66. The third-order valence-corrected chi connectivity index (χ3v) is 5.98. The van der Waals surface area contributed by atoms with E-state index in [1.54, 1.807) is 16.8 Å². The summed E-state index contributed by atoms with van der Waals surface area (Å²) in [6, 6.07) is 8.15. The molecule has 0 bridgehead atoms. The number of benzene rings is 1. The zero-order chi connectivity index (χ0) is 18.1. The lowest BCUT2D eigenvalue weighted by Crippen LogP contribution is -2.40. The lowest BCUT2D eigenvalue weighted by Gasteiger charge is -2.23. The molecule has 1 saturated carbocycles. The highest BCUT2D eigenvalue weighted by molar-refractivity contribution is 5.89. The van der Waals surface area contributed by atoms with Crippen molar-refractivity contribution in [1.29, 1.82) is 0 Å². The molecule has 1 aliphatic carbocycles. The molecule has 1 aromatic carbocycles. The maximum atomic E-state index is 12.6. The summed E-state index contributed by atoms with van der Waals surface area (Å²) in [5.74, 6) is 0.668. The molecule has 2 saturated heterocycles. The number of urea groups is 1. The van der Waals surface area contributed by atoms with E-state index in [0.29, 0.717) is 32.0 Å². The first-order chi connectivity index (χ1) is 12.5. The number of nitrogens with zero attached hydrogens (tertiary/aromatic N) is 2. The van der Waals surface area contributed by atoms with E-state index < -0.39 is 5.60 Å². The molecule has 2 heterocycles. The molecule has 2 aliphatic heterocycles. The average molecular weight is 357 g/mol. The zero-order valence-corrected chi connectivity index (χ0v) is 15.4. The molecule has 3 fully saturated rings. The molecular formula is C20H27N3O3. The molecule has 1 atom stereocenters. The highest BCUT2D eigenvalue weighted by Crippen LogP contribution is 2.34. The molecule has 1 spiro atoms. The Bertz CT molecular complexity index is 684. The van der Waals surface area contributed by atoms with Crippen LogP contribution in [-0.4, -0.2) is 54.2 Å². The third-order valence-electron chi connectivity index (χ3n) is 5.98. The van der Waals surface area contributed by atoms with Crippen molar-refractivity contribution in [2.24, 2.45) is 0 Å². The average Bonchev–Trinajstić information content (AvgIpc) is 3.19. The topological polar surface area (TPSA) is 61.9 Å². The van der Waals surface area contributed by atoms with E-state index >= 15 is 0 Å². The Labute approximate surface area is 154 Å². The minimum absolute atomic E-state index is 0.127. The second-order valence-corrected chi connectivity index (χ2v) is 7.97. The van der Waals surface area contributed by atoms with Gasteiger partial charge in [-0.25, -0.2) is 9.59 Å². The fourth-order valence-corrected chi connectivity index (χ4v) is 4.50. The monoisotopic (exact) mass is 357 g/mol. The Balaban J connectivity index is 1.34. The Morgan fingerprint density at radius 1 is 1.15 bits per heavy atom. The molecule has 1 N–H and O–H groups in total. The summed E-state index contributed by atoms with van der Waals surface area (Å²) in [6.07, 6.45) is 6.93.